The Labute approximate surface area is 95.4 Å². The average molecular weight is 248 g/mol. The van der Waals surface area contributed by atoms with Crippen LogP contribution in [0.25, 0.3) is 0 Å². The number of rotatable bonds is 3. The number of nitrogens with one attached hydrogen (secondary N) is 1. The zero-order chi connectivity index (χ0) is 11.1. The molecule has 0 unspecified atom stereocenters. The first kappa shape index (κ1) is 10.4. The van der Waals surface area contributed by atoms with Gasteiger partial charge in [-0.2, -0.15) is 4.98 Å². The second-order valence-corrected chi connectivity index (χ2v) is 4.09. The Kier molecular flexibility index (Phi) is 2.44. The molecular weight excluding hydrogens is 241 g/mol. The summed E-state index contributed by atoms with van der Waals surface area (Å²) in [6.07, 6.45) is 2.44. The number of halogens is 2. The molecule has 7 heteroatoms. The molecule has 2 N–H and O–H groups in total. The highest BCUT2D eigenvalue weighted by Gasteiger charge is 2.51. The van der Waals surface area contributed by atoms with Gasteiger partial charge in [-0.05, 0) is 24.4 Å². The van der Waals surface area contributed by atoms with Crippen LogP contribution in [-0.2, 0) is 4.79 Å². The normalized spacial score (nSPS) is 17.2. The van der Waals surface area contributed by atoms with Crippen LogP contribution in [0.4, 0.5) is 5.82 Å². The van der Waals surface area contributed by atoms with Gasteiger partial charge in [-0.1, -0.05) is 11.6 Å². The van der Waals surface area contributed by atoms with Crippen molar-refractivity contribution in [2.75, 3.05) is 5.32 Å². The summed E-state index contributed by atoms with van der Waals surface area (Å²) in [6, 6.07) is 0. The third kappa shape index (κ3) is 1.98. The van der Waals surface area contributed by atoms with Gasteiger partial charge in [-0.3, -0.25) is 0 Å². The molecule has 0 amide bonds. The molecule has 0 aromatic carbocycles. The summed E-state index contributed by atoms with van der Waals surface area (Å²) in [7, 11) is 0. The van der Waals surface area contributed by atoms with Gasteiger partial charge in [-0.25, -0.2) is 9.78 Å². The minimum Gasteiger partial charge on any atom is -0.480 e. The van der Waals surface area contributed by atoms with E-state index < -0.39 is 11.5 Å². The lowest BCUT2D eigenvalue weighted by Gasteiger charge is -2.13. The van der Waals surface area contributed by atoms with E-state index >= 15 is 0 Å². The molecule has 1 aliphatic carbocycles. The third-order valence-electron chi connectivity index (χ3n) is 2.23. The second kappa shape index (κ2) is 3.50. The molecule has 0 saturated heterocycles. The van der Waals surface area contributed by atoms with Gasteiger partial charge in [0.05, 0.1) is 6.20 Å². The number of aliphatic carboxylic acids is 1. The predicted molar refractivity (Wildman–Crippen MR) is 55.3 cm³/mol. The second-order valence-electron chi connectivity index (χ2n) is 3.35. The predicted octanol–water partition coefficient (Wildman–Crippen LogP) is 1.81. The molecule has 1 aliphatic rings. The van der Waals surface area contributed by atoms with Gasteiger partial charge in [0.1, 0.15) is 10.6 Å². The molecule has 1 fully saturated rings. The Morgan fingerprint density at radius 2 is 2.20 bits per heavy atom. The van der Waals surface area contributed by atoms with E-state index in [1.165, 1.54) is 6.20 Å². The van der Waals surface area contributed by atoms with Gasteiger partial charge in [0.2, 0.25) is 5.28 Å². The first-order valence-corrected chi connectivity index (χ1v) is 4.99. The van der Waals surface area contributed by atoms with Crippen molar-refractivity contribution in [2.24, 2.45) is 0 Å². The summed E-state index contributed by atoms with van der Waals surface area (Å²) in [4.78, 5) is 18.4. The molecule has 1 aromatic heterocycles. The molecule has 5 nitrogen and oxygen atoms in total. The van der Waals surface area contributed by atoms with Crippen molar-refractivity contribution >= 4 is 35.0 Å². The molecular formula is C8H7Cl2N3O2. The summed E-state index contributed by atoms with van der Waals surface area (Å²) in [6.45, 7) is 0. The van der Waals surface area contributed by atoms with Gasteiger partial charge < -0.3 is 10.4 Å². The summed E-state index contributed by atoms with van der Waals surface area (Å²) in [5.41, 5.74) is -0.929. The van der Waals surface area contributed by atoms with Crippen molar-refractivity contribution in [3.05, 3.63) is 16.5 Å². The van der Waals surface area contributed by atoms with Crippen LogP contribution in [0, 0.1) is 0 Å². The number of hydrogen-bond donors (Lipinski definition) is 2. The lowest BCUT2D eigenvalue weighted by Crippen LogP contribution is -2.31. The van der Waals surface area contributed by atoms with Crippen molar-refractivity contribution in [1.29, 1.82) is 0 Å². The number of nitrogens with zero attached hydrogens (tertiary/aromatic N) is 2. The molecule has 1 aromatic rings. The minimum absolute atomic E-state index is 0.0306. The van der Waals surface area contributed by atoms with Gasteiger partial charge in [0.25, 0.3) is 0 Å². The smallest absolute Gasteiger partial charge is 0.329 e. The minimum atomic E-state index is -0.929. The Hall–Kier alpha value is -1.07. The fraction of sp³-hybridized carbons (Fsp3) is 0.375. The van der Waals surface area contributed by atoms with Crippen LogP contribution in [0.5, 0.6) is 0 Å². The van der Waals surface area contributed by atoms with Crippen LogP contribution in [0.3, 0.4) is 0 Å². The van der Waals surface area contributed by atoms with Crippen LogP contribution >= 0.6 is 23.2 Å². The first-order valence-electron chi connectivity index (χ1n) is 4.23. The number of anilines is 1. The van der Waals surface area contributed by atoms with Crippen molar-refractivity contribution in [3.8, 4) is 0 Å². The zero-order valence-corrected chi connectivity index (χ0v) is 9.01. The van der Waals surface area contributed by atoms with E-state index in [2.05, 4.69) is 15.3 Å². The van der Waals surface area contributed by atoms with Crippen LogP contribution in [-0.4, -0.2) is 26.6 Å². The molecule has 2 rings (SSSR count). The van der Waals surface area contributed by atoms with E-state index in [-0.39, 0.29) is 16.1 Å². The van der Waals surface area contributed by atoms with E-state index in [9.17, 15) is 4.79 Å². The molecule has 1 saturated carbocycles. The monoisotopic (exact) mass is 247 g/mol. The number of hydrogen-bond acceptors (Lipinski definition) is 4. The largest absolute Gasteiger partial charge is 0.480 e. The summed E-state index contributed by atoms with van der Waals surface area (Å²) in [5.74, 6) is -0.648. The van der Waals surface area contributed by atoms with Crippen molar-refractivity contribution in [1.82, 2.24) is 9.97 Å². The summed E-state index contributed by atoms with van der Waals surface area (Å²) >= 11 is 11.4. The molecule has 15 heavy (non-hydrogen) atoms. The lowest BCUT2D eigenvalue weighted by atomic mass is 10.3. The number of carbonyl (C=O) groups is 1. The van der Waals surface area contributed by atoms with Crippen molar-refractivity contribution < 1.29 is 9.90 Å². The highest BCUT2D eigenvalue weighted by atomic mass is 35.5. The van der Waals surface area contributed by atoms with Crippen LogP contribution < -0.4 is 5.32 Å². The maximum absolute atomic E-state index is 10.9. The number of carboxylic acids is 1. The van der Waals surface area contributed by atoms with Crippen LogP contribution in [0.2, 0.25) is 10.3 Å². The van der Waals surface area contributed by atoms with E-state index in [1.54, 1.807) is 0 Å². The Balaban J connectivity index is 2.24. The quantitative estimate of drug-likeness (QED) is 0.798. The highest BCUT2D eigenvalue weighted by Crippen LogP contribution is 2.40. The van der Waals surface area contributed by atoms with Crippen LogP contribution in [0.15, 0.2) is 6.20 Å². The van der Waals surface area contributed by atoms with E-state index in [0.29, 0.717) is 12.8 Å². The molecule has 1 heterocycles. The van der Waals surface area contributed by atoms with Crippen molar-refractivity contribution in [2.45, 2.75) is 18.4 Å². The zero-order valence-electron chi connectivity index (χ0n) is 7.50. The Bertz CT molecular complexity index is 420. The van der Waals surface area contributed by atoms with Crippen LogP contribution in [0.1, 0.15) is 12.8 Å². The Morgan fingerprint density at radius 3 is 2.73 bits per heavy atom. The molecule has 0 spiro atoms. The SMILES string of the molecule is O=C(O)C1(Nc2nc(Cl)ncc2Cl)CC1. The summed E-state index contributed by atoms with van der Waals surface area (Å²) < 4.78 is 0. The highest BCUT2D eigenvalue weighted by molar-refractivity contribution is 6.33. The van der Waals surface area contributed by atoms with Gasteiger partial charge >= 0.3 is 5.97 Å². The lowest BCUT2D eigenvalue weighted by molar-refractivity contribution is -0.138. The molecule has 0 atom stereocenters. The number of aromatic nitrogens is 2. The molecule has 80 valence electrons. The van der Waals surface area contributed by atoms with Crippen molar-refractivity contribution in [3.63, 3.8) is 0 Å². The van der Waals surface area contributed by atoms with Gasteiger partial charge in [0, 0.05) is 0 Å². The number of carboxylic acid groups (broad SMARTS) is 1. The average Bonchev–Trinajstić information content (AvgIpc) is 2.92. The Morgan fingerprint density at radius 1 is 1.53 bits per heavy atom. The molecule has 0 bridgehead atoms. The summed E-state index contributed by atoms with van der Waals surface area (Å²) in [5, 5.41) is 12.0. The molecule has 0 aliphatic heterocycles. The third-order valence-corrected chi connectivity index (χ3v) is 2.69. The van der Waals surface area contributed by atoms with Gasteiger partial charge in [-0.15, -0.1) is 0 Å². The maximum atomic E-state index is 10.9. The standard InChI is InChI=1S/C8H7Cl2N3O2/c9-4-3-11-7(10)12-5(4)13-8(1-2-8)6(14)15/h3H,1-2H2,(H,14,15)(H,11,12,13). The van der Waals surface area contributed by atoms with E-state index in [4.69, 9.17) is 28.3 Å². The van der Waals surface area contributed by atoms with E-state index in [0.717, 1.165) is 0 Å². The fourth-order valence-electron chi connectivity index (χ4n) is 1.18. The first-order chi connectivity index (χ1) is 7.03. The van der Waals surface area contributed by atoms with E-state index in [1.807, 2.05) is 0 Å². The topological polar surface area (TPSA) is 75.1 Å². The van der Waals surface area contributed by atoms with Gasteiger partial charge in [0.15, 0.2) is 5.82 Å². The molecule has 0 radical (unpaired) electrons. The fourth-order valence-corrected chi connectivity index (χ4v) is 1.45. The maximum Gasteiger partial charge on any atom is 0.329 e.